The number of fused-ring (bicyclic) bond motifs is 1. The van der Waals surface area contributed by atoms with E-state index in [4.69, 9.17) is 23.2 Å². The summed E-state index contributed by atoms with van der Waals surface area (Å²) in [5.41, 5.74) is 0.973. The minimum Gasteiger partial charge on any atom is -0.392 e. The molecular formula is C15H18Cl2O. The SMILES string of the molecule is OC(Cc1cc(Cl)ccc1Cl)C1C2CCCCC21. The van der Waals surface area contributed by atoms with Crippen molar-refractivity contribution < 1.29 is 5.11 Å². The summed E-state index contributed by atoms with van der Waals surface area (Å²) >= 11 is 12.1. The normalized spacial score (nSPS) is 31.8. The molecule has 0 aromatic heterocycles. The summed E-state index contributed by atoms with van der Waals surface area (Å²) in [6.45, 7) is 0. The van der Waals surface area contributed by atoms with Crippen LogP contribution in [0.5, 0.6) is 0 Å². The van der Waals surface area contributed by atoms with Crippen molar-refractivity contribution >= 4 is 23.2 Å². The number of aliphatic hydroxyl groups is 1. The van der Waals surface area contributed by atoms with Crippen molar-refractivity contribution in [3.8, 4) is 0 Å². The molecule has 18 heavy (non-hydrogen) atoms. The van der Waals surface area contributed by atoms with E-state index in [0.717, 1.165) is 17.4 Å². The van der Waals surface area contributed by atoms with Gasteiger partial charge in [-0.25, -0.2) is 0 Å². The minimum absolute atomic E-state index is 0.255. The van der Waals surface area contributed by atoms with Crippen LogP contribution in [0, 0.1) is 17.8 Å². The first-order valence-electron chi connectivity index (χ1n) is 6.79. The van der Waals surface area contributed by atoms with Crippen LogP contribution >= 0.6 is 23.2 Å². The van der Waals surface area contributed by atoms with Gasteiger partial charge in [0.25, 0.3) is 0 Å². The molecule has 0 aliphatic heterocycles. The Balaban J connectivity index is 1.67. The van der Waals surface area contributed by atoms with Crippen LogP contribution < -0.4 is 0 Å². The zero-order chi connectivity index (χ0) is 12.7. The molecule has 98 valence electrons. The summed E-state index contributed by atoms with van der Waals surface area (Å²) < 4.78 is 0. The van der Waals surface area contributed by atoms with E-state index in [9.17, 15) is 5.11 Å². The van der Waals surface area contributed by atoms with E-state index in [2.05, 4.69) is 0 Å². The first kappa shape index (κ1) is 12.8. The molecule has 3 rings (SSSR count). The lowest BCUT2D eigenvalue weighted by Gasteiger charge is -2.12. The third-order valence-electron chi connectivity index (χ3n) is 4.60. The predicted octanol–water partition coefficient (Wildman–Crippen LogP) is 4.33. The lowest BCUT2D eigenvalue weighted by Crippen LogP contribution is -2.15. The highest BCUT2D eigenvalue weighted by Crippen LogP contribution is 2.57. The van der Waals surface area contributed by atoms with Crippen LogP contribution in [0.4, 0.5) is 0 Å². The van der Waals surface area contributed by atoms with Crippen LogP contribution in [0.15, 0.2) is 18.2 Å². The summed E-state index contributed by atoms with van der Waals surface area (Å²) in [5.74, 6) is 2.04. The van der Waals surface area contributed by atoms with Gasteiger partial charge in [-0.1, -0.05) is 36.0 Å². The van der Waals surface area contributed by atoms with Gasteiger partial charge in [0.1, 0.15) is 0 Å². The van der Waals surface area contributed by atoms with Crippen molar-refractivity contribution in [1.82, 2.24) is 0 Å². The Morgan fingerprint density at radius 2 is 1.83 bits per heavy atom. The lowest BCUT2D eigenvalue weighted by atomic mass is 10.0. The largest absolute Gasteiger partial charge is 0.392 e. The van der Waals surface area contributed by atoms with Crippen molar-refractivity contribution in [3.05, 3.63) is 33.8 Å². The van der Waals surface area contributed by atoms with Crippen LogP contribution in [-0.4, -0.2) is 11.2 Å². The fraction of sp³-hybridized carbons (Fsp3) is 0.600. The van der Waals surface area contributed by atoms with E-state index in [-0.39, 0.29) is 6.10 Å². The van der Waals surface area contributed by atoms with Crippen LogP contribution in [0.3, 0.4) is 0 Å². The third-order valence-corrected chi connectivity index (χ3v) is 5.21. The summed E-state index contributed by atoms with van der Waals surface area (Å²) in [7, 11) is 0. The smallest absolute Gasteiger partial charge is 0.0614 e. The molecule has 0 spiro atoms. The molecule has 0 bridgehead atoms. The average molecular weight is 285 g/mol. The molecule has 2 fully saturated rings. The monoisotopic (exact) mass is 284 g/mol. The molecule has 3 unspecified atom stereocenters. The summed E-state index contributed by atoms with van der Waals surface area (Å²) in [6, 6.07) is 5.47. The van der Waals surface area contributed by atoms with E-state index < -0.39 is 0 Å². The van der Waals surface area contributed by atoms with Gasteiger partial charge in [-0.05, 0) is 54.4 Å². The summed E-state index contributed by atoms with van der Waals surface area (Å²) in [4.78, 5) is 0. The van der Waals surface area contributed by atoms with Crippen molar-refractivity contribution in [3.63, 3.8) is 0 Å². The number of hydrogen-bond acceptors (Lipinski definition) is 1. The van der Waals surface area contributed by atoms with E-state index in [1.807, 2.05) is 12.1 Å². The number of rotatable bonds is 3. The van der Waals surface area contributed by atoms with Gasteiger partial charge < -0.3 is 5.11 Å². The topological polar surface area (TPSA) is 20.2 Å². The van der Waals surface area contributed by atoms with Gasteiger partial charge in [0.15, 0.2) is 0 Å². The molecule has 0 saturated heterocycles. The van der Waals surface area contributed by atoms with Gasteiger partial charge in [0.2, 0.25) is 0 Å². The van der Waals surface area contributed by atoms with E-state index in [0.29, 0.717) is 22.4 Å². The highest BCUT2D eigenvalue weighted by Gasteiger charge is 2.53. The van der Waals surface area contributed by atoms with Crippen molar-refractivity contribution in [2.45, 2.75) is 38.2 Å². The number of hydrogen-bond donors (Lipinski definition) is 1. The molecule has 3 atom stereocenters. The Bertz CT molecular complexity index is 434. The molecule has 1 N–H and O–H groups in total. The zero-order valence-electron chi connectivity index (χ0n) is 10.3. The fourth-order valence-electron chi connectivity index (χ4n) is 3.68. The molecule has 1 nitrogen and oxygen atoms in total. The maximum absolute atomic E-state index is 10.4. The van der Waals surface area contributed by atoms with Crippen LogP contribution in [-0.2, 0) is 6.42 Å². The van der Waals surface area contributed by atoms with Gasteiger partial charge in [-0.15, -0.1) is 0 Å². The average Bonchev–Trinajstić information content (AvgIpc) is 3.08. The van der Waals surface area contributed by atoms with Crippen LogP contribution in [0.2, 0.25) is 10.0 Å². The molecule has 3 heteroatoms. The zero-order valence-corrected chi connectivity index (χ0v) is 11.8. The number of halogens is 2. The Morgan fingerprint density at radius 1 is 1.17 bits per heavy atom. The highest BCUT2D eigenvalue weighted by atomic mass is 35.5. The Kier molecular flexibility index (Phi) is 3.57. The van der Waals surface area contributed by atoms with Gasteiger partial charge in [-0.2, -0.15) is 0 Å². The summed E-state index contributed by atoms with van der Waals surface area (Å²) in [5, 5.41) is 11.8. The quantitative estimate of drug-likeness (QED) is 0.876. The van der Waals surface area contributed by atoms with Crippen molar-refractivity contribution in [2.24, 2.45) is 17.8 Å². The maximum atomic E-state index is 10.4. The van der Waals surface area contributed by atoms with Crippen LogP contribution in [0.25, 0.3) is 0 Å². The Labute approximate surface area is 118 Å². The Hall–Kier alpha value is -0.240. The van der Waals surface area contributed by atoms with Gasteiger partial charge in [0, 0.05) is 16.5 Å². The van der Waals surface area contributed by atoms with E-state index >= 15 is 0 Å². The van der Waals surface area contributed by atoms with Gasteiger partial charge in [0.05, 0.1) is 6.10 Å². The standard InChI is InChI=1S/C15H18Cl2O/c16-10-5-6-13(17)9(7-10)8-14(18)15-11-3-1-2-4-12(11)15/h5-7,11-12,14-15,18H,1-4,8H2. The molecule has 0 heterocycles. The second-order valence-corrected chi connectivity index (χ2v) is 6.54. The molecule has 0 amide bonds. The molecule has 0 radical (unpaired) electrons. The first-order chi connectivity index (χ1) is 8.66. The molecule has 1 aromatic rings. The molecule has 1 aromatic carbocycles. The Morgan fingerprint density at radius 3 is 2.50 bits per heavy atom. The fourth-order valence-corrected chi connectivity index (χ4v) is 4.07. The van der Waals surface area contributed by atoms with Gasteiger partial charge >= 0.3 is 0 Å². The van der Waals surface area contributed by atoms with Crippen LogP contribution in [0.1, 0.15) is 31.2 Å². The lowest BCUT2D eigenvalue weighted by molar-refractivity contribution is 0.140. The second-order valence-electron chi connectivity index (χ2n) is 5.70. The van der Waals surface area contributed by atoms with Crippen molar-refractivity contribution in [2.75, 3.05) is 0 Å². The molecule has 2 saturated carbocycles. The number of benzene rings is 1. The van der Waals surface area contributed by atoms with E-state index in [1.54, 1.807) is 6.07 Å². The third kappa shape index (κ3) is 2.41. The van der Waals surface area contributed by atoms with Crippen molar-refractivity contribution in [1.29, 1.82) is 0 Å². The van der Waals surface area contributed by atoms with E-state index in [1.165, 1.54) is 25.7 Å². The molecule has 2 aliphatic carbocycles. The maximum Gasteiger partial charge on any atom is 0.0614 e. The number of aliphatic hydroxyl groups excluding tert-OH is 1. The highest BCUT2D eigenvalue weighted by molar-refractivity contribution is 6.33. The summed E-state index contributed by atoms with van der Waals surface area (Å²) in [6.07, 6.45) is 5.65. The van der Waals surface area contributed by atoms with Gasteiger partial charge in [-0.3, -0.25) is 0 Å². The molecular weight excluding hydrogens is 267 g/mol. The molecule has 2 aliphatic rings. The minimum atomic E-state index is -0.255. The first-order valence-corrected chi connectivity index (χ1v) is 7.54. The predicted molar refractivity (Wildman–Crippen MR) is 75.1 cm³/mol. The second kappa shape index (κ2) is 5.03.